The van der Waals surface area contributed by atoms with E-state index in [1.165, 1.54) is 13.2 Å². The fourth-order valence-electron chi connectivity index (χ4n) is 6.44. The maximum Gasteiger partial charge on any atom is 0.407 e. The Balaban J connectivity index is 1.01. The number of amides is 1. The molecule has 0 unspecified atom stereocenters. The minimum atomic E-state index is -0.623. The first-order valence-corrected chi connectivity index (χ1v) is 13.8. The average Bonchev–Trinajstić information content (AvgIpc) is 2.93. The van der Waals surface area contributed by atoms with Crippen molar-refractivity contribution in [3.05, 3.63) is 64.0 Å². The number of carbonyl (C=O) groups is 1. The smallest absolute Gasteiger partial charge is 0.407 e. The van der Waals surface area contributed by atoms with Gasteiger partial charge in [-0.25, -0.2) is 9.18 Å². The summed E-state index contributed by atoms with van der Waals surface area (Å²) in [5.74, 6) is 0.0480. The van der Waals surface area contributed by atoms with E-state index in [-0.39, 0.29) is 30.2 Å². The van der Waals surface area contributed by atoms with Crippen molar-refractivity contribution in [1.29, 1.82) is 0 Å². The van der Waals surface area contributed by atoms with Crippen molar-refractivity contribution in [2.75, 3.05) is 44.7 Å². The summed E-state index contributed by atoms with van der Waals surface area (Å²) in [4.78, 5) is 27.2. The van der Waals surface area contributed by atoms with Crippen LogP contribution < -0.4 is 15.0 Å². The van der Waals surface area contributed by atoms with Crippen molar-refractivity contribution in [2.45, 2.75) is 51.2 Å². The van der Waals surface area contributed by atoms with Crippen LogP contribution in [0.2, 0.25) is 0 Å². The molecule has 2 aromatic rings. The van der Waals surface area contributed by atoms with Gasteiger partial charge in [-0.05, 0) is 68.5 Å². The van der Waals surface area contributed by atoms with E-state index in [4.69, 9.17) is 9.47 Å². The second kappa shape index (κ2) is 11.8. The molecule has 0 radical (unpaired) electrons. The molecule has 1 N–H and O–H groups in total. The van der Waals surface area contributed by atoms with Gasteiger partial charge in [0.2, 0.25) is 0 Å². The lowest BCUT2D eigenvalue weighted by atomic mass is 9.60. The van der Waals surface area contributed by atoms with E-state index < -0.39 is 10.7 Å². The molecule has 3 aliphatic rings. The number of anilines is 1. The van der Waals surface area contributed by atoms with Gasteiger partial charge in [-0.3, -0.25) is 10.1 Å². The van der Waals surface area contributed by atoms with Crippen molar-refractivity contribution in [1.82, 2.24) is 10.2 Å². The van der Waals surface area contributed by atoms with Crippen LogP contribution in [-0.2, 0) is 11.3 Å². The molecular formula is C29H37FN4O5. The van der Waals surface area contributed by atoms with Crippen LogP contribution in [0, 0.1) is 27.3 Å². The van der Waals surface area contributed by atoms with Gasteiger partial charge in [0.1, 0.15) is 6.61 Å². The van der Waals surface area contributed by atoms with Crippen molar-refractivity contribution >= 4 is 17.5 Å². The van der Waals surface area contributed by atoms with Crippen LogP contribution in [-0.4, -0.2) is 61.8 Å². The summed E-state index contributed by atoms with van der Waals surface area (Å²) in [5.41, 5.74) is 1.33. The van der Waals surface area contributed by atoms with Crippen LogP contribution in [0.1, 0.15) is 44.1 Å². The Morgan fingerprint density at radius 1 is 1.13 bits per heavy atom. The molecule has 1 saturated carbocycles. The van der Waals surface area contributed by atoms with Gasteiger partial charge in [-0.1, -0.05) is 30.3 Å². The molecule has 9 nitrogen and oxygen atoms in total. The Morgan fingerprint density at radius 3 is 2.46 bits per heavy atom. The molecule has 1 amide bonds. The van der Waals surface area contributed by atoms with E-state index in [2.05, 4.69) is 10.2 Å². The van der Waals surface area contributed by atoms with E-state index in [9.17, 15) is 19.3 Å². The Morgan fingerprint density at radius 2 is 1.82 bits per heavy atom. The number of hydrogen-bond acceptors (Lipinski definition) is 7. The van der Waals surface area contributed by atoms with Crippen LogP contribution in [0.15, 0.2) is 42.5 Å². The number of nitro benzene ring substituents is 1. The maximum atomic E-state index is 14.7. The molecule has 2 aromatic carbocycles. The molecule has 2 heterocycles. The molecule has 1 aliphatic carbocycles. The Hall–Kier alpha value is -3.40. The number of halogens is 1. The highest BCUT2D eigenvalue weighted by Gasteiger charge is 2.46. The number of ether oxygens (including phenoxy) is 2. The zero-order valence-electron chi connectivity index (χ0n) is 22.4. The topological polar surface area (TPSA) is 97.2 Å². The molecule has 2 aliphatic heterocycles. The number of alkyl carbamates (subject to hydrolysis) is 1. The van der Waals surface area contributed by atoms with Crippen LogP contribution in [0.3, 0.4) is 0 Å². The van der Waals surface area contributed by atoms with Gasteiger partial charge in [-0.15, -0.1) is 0 Å². The third-order valence-corrected chi connectivity index (χ3v) is 8.73. The number of hydrogen-bond donors (Lipinski definition) is 1. The zero-order chi connectivity index (χ0) is 27.4. The average molecular weight is 541 g/mol. The van der Waals surface area contributed by atoms with Gasteiger partial charge in [-0.2, -0.15) is 0 Å². The van der Waals surface area contributed by atoms with E-state index >= 15 is 0 Å². The van der Waals surface area contributed by atoms with Gasteiger partial charge >= 0.3 is 11.8 Å². The van der Waals surface area contributed by atoms with E-state index in [0.29, 0.717) is 30.1 Å². The molecule has 10 heteroatoms. The van der Waals surface area contributed by atoms with Crippen LogP contribution in [0.5, 0.6) is 5.75 Å². The summed E-state index contributed by atoms with van der Waals surface area (Å²) in [5, 5.41) is 14.2. The molecule has 0 aromatic heterocycles. The zero-order valence-corrected chi connectivity index (χ0v) is 22.4. The first-order chi connectivity index (χ1) is 18.8. The van der Waals surface area contributed by atoms with Crippen molar-refractivity contribution in [3.8, 4) is 5.75 Å². The van der Waals surface area contributed by atoms with Crippen LogP contribution in [0.25, 0.3) is 0 Å². The number of benzene rings is 2. The lowest BCUT2D eigenvalue weighted by molar-refractivity contribution is -0.385. The number of piperidine rings is 2. The fourth-order valence-corrected chi connectivity index (χ4v) is 6.44. The van der Waals surface area contributed by atoms with Crippen LogP contribution in [0.4, 0.5) is 20.6 Å². The molecule has 1 spiro atoms. The second-order valence-electron chi connectivity index (χ2n) is 11.3. The SMILES string of the molecule is COc1cc(N2CCC(CN3CCC4(CC3)CC(NC(=O)OCc3ccccc3)C4)CC2)c(F)cc1[N+](=O)[O-]. The second-order valence-corrected chi connectivity index (χ2v) is 11.3. The van der Waals surface area contributed by atoms with Crippen molar-refractivity contribution < 1.29 is 23.6 Å². The summed E-state index contributed by atoms with van der Waals surface area (Å²) >= 11 is 0. The molecule has 2 saturated heterocycles. The summed E-state index contributed by atoms with van der Waals surface area (Å²) in [6.45, 7) is 4.90. The minimum absolute atomic E-state index is 0.0817. The van der Waals surface area contributed by atoms with Crippen LogP contribution >= 0.6 is 0 Å². The molecule has 39 heavy (non-hydrogen) atoms. The first kappa shape index (κ1) is 27.2. The number of nitro groups is 1. The molecule has 0 atom stereocenters. The molecule has 0 bridgehead atoms. The number of nitrogens with zero attached hydrogens (tertiary/aromatic N) is 3. The summed E-state index contributed by atoms with van der Waals surface area (Å²) in [6, 6.07) is 12.3. The highest BCUT2D eigenvalue weighted by atomic mass is 19.1. The largest absolute Gasteiger partial charge is 0.490 e. The Kier molecular flexibility index (Phi) is 8.20. The van der Waals surface area contributed by atoms with Gasteiger partial charge in [0, 0.05) is 31.7 Å². The number of methoxy groups -OCH3 is 1. The Bertz CT molecular complexity index is 1160. The monoisotopic (exact) mass is 540 g/mol. The standard InChI is InChI=1S/C29H37FN4O5/c1-38-27-16-25(24(30)15-26(27)34(36)37)33-11-7-21(8-12-33)19-32-13-9-29(10-14-32)17-23(18-29)31-28(35)39-20-22-5-3-2-4-6-22/h2-6,15-16,21,23H,7-14,17-20H2,1H3,(H,31,35). The molecular weight excluding hydrogens is 503 g/mol. The minimum Gasteiger partial charge on any atom is -0.490 e. The molecule has 3 fully saturated rings. The lowest BCUT2D eigenvalue weighted by Gasteiger charge is -2.52. The summed E-state index contributed by atoms with van der Waals surface area (Å²) in [6.07, 6.45) is 5.91. The van der Waals surface area contributed by atoms with Crippen molar-refractivity contribution in [3.63, 3.8) is 0 Å². The van der Waals surface area contributed by atoms with Gasteiger partial charge in [0.15, 0.2) is 11.6 Å². The quantitative estimate of drug-likeness (QED) is 0.366. The van der Waals surface area contributed by atoms with Gasteiger partial charge in [0.05, 0.1) is 23.8 Å². The maximum absolute atomic E-state index is 14.7. The first-order valence-electron chi connectivity index (χ1n) is 13.8. The Labute approximate surface area is 228 Å². The van der Waals surface area contributed by atoms with E-state index in [1.54, 1.807) is 0 Å². The summed E-state index contributed by atoms with van der Waals surface area (Å²) in [7, 11) is 1.36. The predicted molar refractivity (Wildman–Crippen MR) is 145 cm³/mol. The third kappa shape index (κ3) is 6.43. The normalized spacial score (nSPS) is 19.9. The van der Waals surface area contributed by atoms with E-state index in [0.717, 1.165) is 69.8 Å². The number of rotatable bonds is 8. The van der Waals surface area contributed by atoms with Gasteiger partial charge < -0.3 is 24.6 Å². The van der Waals surface area contributed by atoms with E-state index in [1.807, 2.05) is 35.2 Å². The number of nitrogens with one attached hydrogen (secondary N) is 1. The number of likely N-dealkylation sites (tertiary alicyclic amines) is 1. The highest BCUT2D eigenvalue weighted by Crippen LogP contribution is 2.49. The van der Waals surface area contributed by atoms with Crippen molar-refractivity contribution in [2.24, 2.45) is 11.3 Å². The lowest BCUT2D eigenvalue weighted by Crippen LogP contribution is -2.55. The van der Waals surface area contributed by atoms with Gasteiger partial charge in [0.25, 0.3) is 0 Å². The third-order valence-electron chi connectivity index (χ3n) is 8.73. The molecule has 5 rings (SSSR count). The fraction of sp³-hybridized carbons (Fsp3) is 0.552. The predicted octanol–water partition coefficient (Wildman–Crippen LogP) is 5.13. The summed E-state index contributed by atoms with van der Waals surface area (Å²) < 4.78 is 25.2. The highest BCUT2D eigenvalue weighted by molar-refractivity contribution is 5.67. The number of carbonyl (C=O) groups excluding carboxylic acids is 1. The molecule has 210 valence electrons.